The van der Waals surface area contributed by atoms with E-state index in [0.29, 0.717) is 5.69 Å². The molecule has 0 saturated carbocycles. The second kappa shape index (κ2) is 4.66. The molecule has 0 spiro atoms. The average molecular weight is 270 g/mol. The van der Waals surface area contributed by atoms with Crippen LogP contribution < -0.4 is 0 Å². The molecule has 0 radical (unpaired) electrons. The second-order valence-corrected chi connectivity index (χ2v) is 6.37. The summed E-state index contributed by atoms with van der Waals surface area (Å²) in [7, 11) is -3.37. The molecule has 1 aliphatic heterocycles. The van der Waals surface area contributed by atoms with Crippen LogP contribution >= 0.6 is 0 Å². The Labute approximate surface area is 105 Å². The minimum absolute atomic E-state index is 0.00933. The van der Waals surface area contributed by atoms with Crippen LogP contribution in [0.5, 0.6) is 0 Å². The highest BCUT2D eigenvalue weighted by atomic mass is 32.2. The maximum atomic E-state index is 11.5. The van der Waals surface area contributed by atoms with Crippen molar-refractivity contribution in [3.8, 4) is 0 Å². The van der Waals surface area contributed by atoms with Gasteiger partial charge in [0.05, 0.1) is 12.2 Å². The lowest BCUT2D eigenvalue weighted by atomic mass is 9.93. The van der Waals surface area contributed by atoms with E-state index in [4.69, 9.17) is 0 Å². The van der Waals surface area contributed by atoms with Crippen molar-refractivity contribution in [2.45, 2.75) is 5.92 Å². The Hall–Kier alpha value is -1.47. The molecule has 98 valence electrons. The number of nitrogens with zero attached hydrogens (tertiary/aromatic N) is 2. The van der Waals surface area contributed by atoms with Crippen LogP contribution in [0.4, 0.5) is 0 Å². The van der Waals surface area contributed by atoms with Gasteiger partial charge in [-0.25, -0.2) is 12.7 Å². The zero-order chi connectivity index (χ0) is 13.3. The fourth-order valence-electron chi connectivity index (χ4n) is 2.18. The summed E-state index contributed by atoms with van der Waals surface area (Å²) >= 11 is 0. The molecule has 0 amide bonds. The molecule has 2 atom stereocenters. The Balaban J connectivity index is 2.32. The van der Waals surface area contributed by atoms with Crippen molar-refractivity contribution < 1.29 is 18.3 Å². The van der Waals surface area contributed by atoms with E-state index < -0.39 is 27.8 Å². The van der Waals surface area contributed by atoms with Gasteiger partial charge in [0.2, 0.25) is 10.0 Å². The van der Waals surface area contributed by atoms with Crippen LogP contribution in [0.1, 0.15) is 11.6 Å². The summed E-state index contributed by atoms with van der Waals surface area (Å²) in [5.74, 6) is -2.12. The summed E-state index contributed by atoms with van der Waals surface area (Å²) in [5, 5.41) is 9.18. The van der Waals surface area contributed by atoms with Crippen LogP contribution in [0.15, 0.2) is 24.4 Å². The quantitative estimate of drug-likeness (QED) is 0.844. The number of rotatable bonds is 3. The lowest BCUT2D eigenvalue weighted by molar-refractivity contribution is -0.141. The number of carboxylic acids is 1. The molecule has 2 rings (SSSR count). The van der Waals surface area contributed by atoms with Crippen LogP contribution in [0.3, 0.4) is 0 Å². The normalized spacial score (nSPS) is 25.2. The maximum Gasteiger partial charge on any atom is 0.308 e. The summed E-state index contributed by atoms with van der Waals surface area (Å²) in [6.45, 7) is 0.183. The molecular formula is C11H14N2O4S. The predicted octanol–water partition coefficient (Wildman–Crippen LogP) is 0.141. The minimum atomic E-state index is -3.37. The van der Waals surface area contributed by atoms with Gasteiger partial charge in [0, 0.05) is 30.9 Å². The first-order chi connectivity index (χ1) is 8.39. The van der Waals surface area contributed by atoms with E-state index in [2.05, 4.69) is 4.98 Å². The van der Waals surface area contributed by atoms with Crippen molar-refractivity contribution in [1.82, 2.24) is 9.29 Å². The molecule has 0 unspecified atom stereocenters. The Bertz CT molecular complexity index is 543. The van der Waals surface area contributed by atoms with Gasteiger partial charge >= 0.3 is 5.97 Å². The van der Waals surface area contributed by atoms with Crippen molar-refractivity contribution in [3.63, 3.8) is 0 Å². The number of hydrogen-bond acceptors (Lipinski definition) is 4. The molecule has 18 heavy (non-hydrogen) atoms. The number of aromatic nitrogens is 1. The molecule has 7 heteroatoms. The first-order valence-electron chi connectivity index (χ1n) is 5.48. The molecule has 1 aromatic rings. The summed E-state index contributed by atoms with van der Waals surface area (Å²) in [5.41, 5.74) is 0.621. The van der Waals surface area contributed by atoms with Crippen LogP contribution in [0.2, 0.25) is 0 Å². The van der Waals surface area contributed by atoms with Crippen LogP contribution in [-0.2, 0) is 14.8 Å². The second-order valence-electron chi connectivity index (χ2n) is 4.39. The zero-order valence-electron chi connectivity index (χ0n) is 9.85. The summed E-state index contributed by atoms with van der Waals surface area (Å²) in [4.78, 5) is 15.3. The van der Waals surface area contributed by atoms with Crippen molar-refractivity contribution in [3.05, 3.63) is 30.1 Å². The summed E-state index contributed by atoms with van der Waals surface area (Å²) < 4.78 is 24.2. The van der Waals surface area contributed by atoms with Gasteiger partial charge in [0.25, 0.3) is 0 Å². The number of carbonyl (C=O) groups is 1. The lowest BCUT2D eigenvalue weighted by Gasteiger charge is -2.13. The molecule has 1 saturated heterocycles. The van der Waals surface area contributed by atoms with Gasteiger partial charge in [-0.2, -0.15) is 0 Å². The largest absolute Gasteiger partial charge is 0.481 e. The Morgan fingerprint density at radius 3 is 2.67 bits per heavy atom. The van der Waals surface area contributed by atoms with Gasteiger partial charge in [-0.05, 0) is 12.1 Å². The number of carboxylic acid groups (broad SMARTS) is 1. The molecule has 0 bridgehead atoms. The molecule has 6 nitrogen and oxygen atoms in total. The third-order valence-corrected chi connectivity index (χ3v) is 4.38. The molecule has 1 aliphatic rings. The lowest BCUT2D eigenvalue weighted by Crippen LogP contribution is -2.28. The first-order valence-corrected chi connectivity index (χ1v) is 7.33. The third kappa shape index (κ3) is 2.51. The van der Waals surface area contributed by atoms with Crippen molar-refractivity contribution >= 4 is 16.0 Å². The Kier molecular flexibility index (Phi) is 3.36. The van der Waals surface area contributed by atoms with E-state index in [0.717, 1.165) is 6.26 Å². The van der Waals surface area contributed by atoms with Crippen LogP contribution in [0, 0.1) is 5.92 Å². The monoisotopic (exact) mass is 270 g/mol. The highest BCUT2D eigenvalue weighted by molar-refractivity contribution is 7.88. The predicted molar refractivity (Wildman–Crippen MR) is 64.5 cm³/mol. The molecule has 1 fully saturated rings. The van der Waals surface area contributed by atoms with Gasteiger partial charge in [-0.1, -0.05) is 6.07 Å². The van der Waals surface area contributed by atoms with Crippen molar-refractivity contribution in [1.29, 1.82) is 0 Å². The maximum absolute atomic E-state index is 11.5. The summed E-state index contributed by atoms with van der Waals surface area (Å²) in [6.07, 6.45) is 2.67. The topological polar surface area (TPSA) is 87.6 Å². The van der Waals surface area contributed by atoms with Gasteiger partial charge < -0.3 is 5.11 Å². The number of sulfonamides is 1. The minimum Gasteiger partial charge on any atom is -0.481 e. The first kappa shape index (κ1) is 13.0. The zero-order valence-corrected chi connectivity index (χ0v) is 10.7. The fourth-order valence-corrected chi connectivity index (χ4v) is 3.05. The number of pyridine rings is 1. The number of aliphatic carboxylic acids is 1. The molecule has 0 aliphatic carbocycles. The van der Waals surface area contributed by atoms with Crippen LogP contribution in [0.25, 0.3) is 0 Å². The standard InChI is InChI=1S/C11H14N2O4S/c1-18(16,17)13-6-8(9(7-13)11(14)15)10-4-2-3-5-12-10/h2-5,8-9H,6-7H2,1H3,(H,14,15)/t8-,9-/m1/s1. The van der Waals surface area contributed by atoms with Crippen molar-refractivity contribution in [2.24, 2.45) is 5.92 Å². The SMILES string of the molecule is CS(=O)(=O)N1C[C@@H](C(=O)O)[C@H](c2ccccn2)C1. The fraction of sp³-hybridized carbons (Fsp3) is 0.455. The van der Waals surface area contributed by atoms with E-state index in [1.807, 2.05) is 0 Å². The van der Waals surface area contributed by atoms with Crippen molar-refractivity contribution in [2.75, 3.05) is 19.3 Å². The highest BCUT2D eigenvalue weighted by Gasteiger charge is 2.42. The Morgan fingerprint density at radius 2 is 2.17 bits per heavy atom. The van der Waals surface area contributed by atoms with E-state index in [-0.39, 0.29) is 13.1 Å². The average Bonchev–Trinajstić information content (AvgIpc) is 2.74. The summed E-state index contributed by atoms with van der Waals surface area (Å²) in [6, 6.07) is 5.24. The molecule has 1 N–H and O–H groups in total. The van der Waals surface area contributed by atoms with E-state index in [1.54, 1.807) is 24.4 Å². The van der Waals surface area contributed by atoms with Crippen LogP contribution in [-0.4, -0.2) is 48.1 Å². The third-order valence-electron chi connectivity index (χ3n) is 3.14. The van der Waals surface area contributed by atoms with Gasteiger partial charge in [-0.3, -0.25) is 9.78 Å². The van der Waals surface area contributed by atoms with Gasteiger partial charge in [-0.15, -0.1) is 0 Å². The van der Waals surface area contributed by atoms with E-state index in [1.165, 1.54) is 4.31 Å². The molecular weight excluding hydrogens is 256 g/mol. The van der Waals surface area contributed by atoms with Gasteiger partial charge in [0.1, 0.15) is 0 Å². The van der Waals surface area contributed by atoms with E-state index in [9.17, 15) is 18.3 Å². The molecule has 1 aromatic heterocycles. The Morgan fingerprint density at radius 1 is 1.44 bits per heavy atom. The number of hydrogen-bond donors (Lipinski definition) is 1. The van der Waals surface area contributed by atoms with E-state index >= 15 is 0 Å². The highest BCUT2D eigenvalue weighted by Crippen LogP contribution is 2.32. The smallest absolute Gasteiger partial charge is 0.308 e. The molecule has 0 aromatic carbocycles. The van der Waals surface area contributed by atoms with Gasteiger partial charge in [0.15, 0.2) is 0 Å². The molecule has 2 heterocycles.